The molecule has 22 heavy (non-hydrogen) atoms. The molecule has 0 heterocycles. The molecule has 1 aromatic carbocycles. The summed E-state index contributed by atoms with van der Waals surface area (Å²) in [5.74, 6) is -1.26. The second kappa shape index (κ2) is 7.97. The van der Waals surface area contributed by atoms with E-state index in [-0.39, 0.29) is 29.9 Å². The van der Waals surface area contributed by atoms with Crippen molar-refractivity contribution in [2.45, 2.75) is 38.1 Å². The van der Waals surface area contributed by atoms with Gasteiger partial charge in [-0.05, 0) is 40.9 Å². The fourth-order valence-electron chi connectivity index (χ4n) is 2.45. The topological polar surface area (TPSA) is 75.6 Å². The van der Waals surface area contributed by atoms with Crippen LogP contribution >= 0.6 is 31.9 Å². The number of carbonyl (C=O) groups is 2. The zero-order chi connectivity index (χ0) is 16.1. The fourth-order valence-corrected chi connectivity index (χ4v) is 3.67. The van der Waals surface area contributed by atoms with Gasteiger partial charge in [-0.2, -0.15) is 0 Å². The smallest absolute Gasteiger partial charge is 0.342 e. The quantitative estimate of drug-likeness (QED) is 0.710. The van der Waals surface area contributed by atoms with Crippen LogP contribution in [0.25, 0.3) is 0 Å². The number of hydrogen-bond acceptors (Lipinski definition) is 4. The summed E-state index contributed by atoms with van der Waals surface area (Å²) in [6, 6.07) is 3.23. The van der Waals surface area contributed by atoms with Gasteiger partial charge in [-0.3, -0.25) is 4.79 Å². The molecule has 120 valence electrons. The largest absolute Gasteiger partial charge is 0.506 e. The molecule has 1 aromatic rings. The van der Waals surface area contributed by atoms with Crippen LogP contribution in [0.15, 0.2) is 21.1 Å². The van der Waals surface area contributed by atoms with Crippen molar-refractivity contribution in [1.29, 1.82) is 0 Å². The van der Waals surface area contributed by atoms with Crippen LogP contribution in [0.3, 0.4) is 0 Å². The van der Waals surface area contributed by atoms with Gasteiger partial charge in [0.2, 0.25) is 0 Å². The van der Waals surface area contributed by atoms with Crippen molar-refractivity contribution >= 4 is 43.7 Å². The van der Waals surface area contributed by atoms with Crippen LogP contribution in [0, 0.1) is 0 Å². The summed E-state index contributed by atoms with van der Waals surface area (Å²) in [6.45, 7) is -0.348. The van der Waals surface area contributed by atoms with Crippen molar-refractivity contribution in [3.63, 3.8) is 0 Å². The summed E-state index contributed by atoms with van der Waals surface area (Å²) in [6.07, 6.45) is 5.38. The van der Waals surface area contributed by atoms with Crippen LogP contribution in [0.2, 0.25) is 0 Å². The minimum atomic E-state index is -0.738. The molecule has 1 fully saturated rings. The Balaban J connectivity index is 1.88. The van der Waals surface area contributed by atoms with Crippen molar-refractivity contribution in [2.75, 3.05) is 6.61 Å². The van der Waals surface area contributed by atoms with Crippen molar-refractivity contribution in [3.05, 3.63) is 26.6 Å². The van der Waals surface area contributed by atoms with Gasteiger partial charge in [-0.15, -0.1) is 0 Å². The summed E-state index contributed by atoms with van der Waals surface area (Å²) in [7, 11) is 0. The predicted octanol–water partition coefficient (Wildman–Crippen LogP) is 3.52. The number of benzene rings is 1. The summed E-state index contributed by atoms with van der Waals surface area (Å²) in [4.78, 5) is 23.8. The number of carbonyl (C=O) groups excluding carboxylic acids is 2. The monoisotopic (exact) mass is 433 g/mol. The second-order valence-corrected chi connectivity index (χ2v) is 7.03. The van der Waals surface area contributed by atoms with Crippen LogP contribution in [0.1, 0.15) is 42.5 Å². The molecule has 7 heteroatoms. The minimum Gasteiger partial charge on any atom is -0.506 e. The molecule has 1 saturated carbocycles. The Morgan fingerprint density at radius 2 is 1.91 bits per heavy atom. The lowest BCUT2D eigenvalue weighted by atomic mass is 9.95. The number of amides is 1. The molecular weight excluding hydrogens is 418 g/mol. The summed E-state index contributed by atoms with van der Waals surface area (Å²) in [5, 5.41) is 12.7. The Morgan fingerprint density at radius 3 is 2.59 bits per heavy atom. The minimum absolute atomic E-state index is 0.00622. The highest BCUT2D eigenvalue weighted by Crippen LogP contribution is 2.32. The van der Waals surface area contributed by atoms with E-state index in [4.69, 9.17) is 4.74 Å². The molecule has 0 aromatic heterocycles. The van der Waals surface area contributed by atoms with E-state index in [0.717, 1.165) is 25.7 Å². The molecule has 1 aliphatic rings. The lowest BCUT2D eigenvalue weighted by Gasteiger charge is -2.22. The van der Waals surface area contributed by atoms with Gasteiger partial charge in [0.15, 0.2) is 6.61 Å². The van der Waals surface area contributed by atoms with E-state index < -0.39 is 5.97 Å². The average molecular weight is 435 g/mol. The van der Waals surface area contributed by atoms with Gasteiger partial charge in [0, 0.05) is 10.5 Å². The lowest BCUT2D eigenvalue weighted by Crippen LogP contribution is -2.38. The summed E-state index contributed by atoms with van der Waals surface area (Å²) in [5.41, 5.74) is 0.00622. The van der Waals surface area contributed by atoms with Crippen molar-refractivity contribution in [1.82, 2.24) is 5.32 Å². The van der Waals surface area contributed by atoms with E-state index >= 15 is 0 Å². The number of nitrogens with one attached hydrogen (secondary N) is 1. The van der Waals surface area contributed by atoms with Gasteiger partial charge >= 0.3 is 5.97 Å². The first-order valence-corrected chi connectivity index (χ1v) is 8.70. The SMILES string of the molecule is O=C(COC(=O)c1cc(Br)cc(Br)c1O)NC1CCCCC1. The molecular formula is C15H17Br2NO4. The zero-order valence-electron chi connectivity index (χ0n) is 11.9. The van der Waals surface area contributed by atoms with E-state index in [1.807, 2.05) is 0 Å². The van der Waals surface area contributed by atoms with Gasteiger partial charge in [-0.25, -0.2) is 4.79 Å². The zero-order valence-corrected chi connectivity index (χ0v) is 15.1. The molecule has 0 spiro atoms. The fraction of sp³-hybridized carbons (Fsp3) is 0.467. The standard InChI is InChI=1S/C15H17Br2NO4/c16-9-6-11(14(20)12(17)7-9)15(21)22-8-13(19)18-10-4-2-1-3-5-10/h6-7,10,20H,1-5,8H2,(H,18,19). The molecule has 0 saturated heterocycles. The van der Waals surface area contributed by atoms with Gasteiger partial charge in [0.1, 0.15) is 11.3 Å². The Morgan fingerprint density at radius 1 is 1.23 bits per heavy atom. The second-order valence-electron chi connectivity index (χ2n) is 5.26. The molecule has 2 N–H and O–H groups in total. The Hall–Kier alpha value is -1.08. The first-order valence-electron chi connectivity index (χ1n) is 7.12. The third-order valence-electron chi connectivity index (χ3n) is 3.55. The van der Waals surface area contributed by atoms with Crippen LogP contribution in [-0.2, 0) is 9.53 Å². The lowest BCUT2D eigenvalue weighted by molar-refractivity contribution is -0.125. The molecule has 5 nitrogen and oxygen atoms in total. The van der Waals surface area contributed by atoms with Gasteiger partial charge in [-0.1, -0.05) is 35.2 Å². The number of phenols is 1. The molecule has 0 bridgehead atoms. The highest BCUT2D eigenvalue weighted by atomic mass is 79.9. The third-order valence-corrected chi connectivity index (χ3v) is 4.62. The average Bonchev–Trinajstić information content (AvgIpc) is 2.49. The molecule has 0 aliphatic heterocycles. The molecule has 2 rings (SSSR count). The van der Waals surface area contributed by atoms with Gasteiger partial charge < -0.3 is 15.2 Å². The number of esters is 1. The third kappa shape index (κ3) is 4.71. The Bertz CT molecular complexity index is 571. The van der Waals surface area contributed by atoms with Crippen molar-refractivity contribution in [2.24, 2.45) is 0 Å². The highest BCUT2D eigenvalue weighted by molar-refractivity contribution is 9.11. The molecule has 0 atom stereocenters. The maximum atomic E-state index is 12.0. The molecule has 1 aliphatic carbocycles. The van der Waals surface area contributed by atoms with Crippen molar-refractivity contribution in [3.8, 4) is 5.75 Å². The number of ether oxygens (including phenoxy) is 1. The molecule has 1 amide bonds. The summed E-state index contributed by atoms with van der Waals surface area (Å²) >= 11 is 6.38. The maximum Gasteiger partial charge on any atom is 0.342 e. The van der Waals surface area contributed by atoms with Crippen LogP contribution < -0.4 is 5.32 Å². The van der Waals surface area contributed by atoms with E-state index in [2.05, 4.69) is 37.2 Å². The maximum absolute atomic E-state index is 12.0. The van der Waals surface area contributed by atoms with Gasteiger partial charge in [0.05, 0.1) is 4.47 Å². The van der Waals surface area contributed by atoms with E-state index in [0.29, 0.717) is 8.95 Å². The van der Waals surface area contributed by atoms with Crippen LogP contribution in [-0.4, -0.2) is 29.6 Å². The first-order chi connectivity index (χ1) is 10.5. The van der Waals surface area contributed by atoms with Crippen LogP contribution in [0.4, 0.5) is 0 Å². The number of halogens is 2. The van der Waals surface area contributed by atoms with E-state index in [1.165, 1.54) is 12.5 Å². The molecule has 0 unspecified atom stereocenters. The van der Waals surface area contributed by atoms with Gasteiger partial charge in [0.25, 0.3) is 5.91 Å². The molecule has 0 radical (unpaired) electrons. The normalized spacial score (nSPS) is 15.4. The Kier molecular flexibility index (Phi) is 6.26. The highest BCUT2D eigenvalue weighted by Gasteiger charge is 2.19. The first kappa shape index (κ1) is 17.3. The predicted molar refractivity (Wildman–Crippen MR) is 88.8 cm³/mol. The Labute approximate surface area is 145 Å². The number of aromatic hydroxyl groups is 1. The summed E-state index contributed by atoms with van der Waals surface area (Å²) < 4.78 is 5.97. The number of rotatable bonds is 4. The van der Waals surface area contributed by atoms with E-state index in [9.17, 15) is 14.7 Å². The number of phenolic OH excluding ortho intramolecular Hbond substituents is 1. The number of hydrogen-bond donors (Lipinski definition) is 2. The van der Waals surface area contributed by atoms with Crippen molar-refractivity contribution < 1.29 is 19.4 Å². The van der Waals surface area contributed by atoms with E-state index in [1.54, 1.807) is 6.07 Å². The van der Waals surface area contributed by atoms with Crippen LogP contribution in [0.5, 0.6) is 5.75 Å².